The number of carbonyl (C=O) groups is 1. The molecule has 4 rings (SSSR count). The van der Waals surface area contributed by atoms with Crippen LogP contribution in [-0.2, 0) is 4.79 Å². The molecular formula is C18H27N5O. The van der Waals surface area contributed by atoms with Crippen molar-refractivity contribution in [2.75, 3.05) is 36.0 Å². The molecule has 0 spiro atoms. The average Bonchev–Trinajstić information content (AvgIpc) is 3.46. The maximum absolute atomic E-state index is 12.2. The number of nitrogens with one attached hydrogen (secondary N) is 1. The zero-order chi connectivity index (χ0) is 16.4. The monoisotopic (exact) mass is 329 g/mol. The summed E-state index contributed by atoms with van der Waals surface area (Å²) in [5.41, 5.74) is 1.14. The molecule has 3 fully saturated rings. The zero-order valence-corrected chi connectivity index (χ0v) is 14.3. The standard InChI is InChI=1S/C18H27N5O/c24-18(21-15-4-5-15)14-6-10-22(11-7-14)16-12-19-13-20-17(16)23-8-2-1-3-9-23/h12-15H,1-11H2,(H,21,24). The molecule has 0 atom stereocenters. The maximum atomic E-state index is 12.2. The quantitative estimate of drug-likeness (QED) is 0.915. The second kappa shape index (κ2) is 6.95. The Labute approximate surface area is 143 Å². The third-order valence-corrected chi connectivity index (χ3v) is 5.46. The zero-order valence-electron chi connectivity index (χ0n) is 14.3. The molecule has 1 saturated carbocycles. The fourth-order valence-electron chi connectivity index (χ4n) is 3.82. The van der Waals surface area contributed by atoms with E-state index in [-0.39, 0.29) is 11.8 Å². The van der Waals surface area contributed by atoms with Gasteiger partial charge in [0, 0.05) is 38.1 Å². The molecule has 0 bridgehead atoms. The van der Waals surface area contributed by atoms with Gasteiger partial charge in [-0.3, -0.25) is 4.79 Å². The van der Waals surface area contributed by atoms with Crippen molar-refractivity contribution in [3.8, 4) is 0 Å². The Balaban J connectivity index is 1.40. The molecule has 6 nitrogen and oxygen atoms in total. The van der Waals surface area contributed by atoms with Gasteiger partial charge >= 0.3 is 0 Å². The topological polar surface area (TPSA) is 61.4 Å². The van der Waals surface area contributed by atoms with E-state index in [0.717, 1.165) is 63.4 Å². The molecular weight excluding hydrogens is 302 g/mol. The number of rotatable bonds is 4. The lowest BCUT2D eigenvalue weighted by atomic mass is 9.95. The van der Waals surface area contributed by atoms with Crippen molar-refractivity contribution in [2.45, 2.75) is 51.0 Å². The predicted octanol–water partition coefficient (Wildman–Crippen LogP) is 1.96. The fourth-order valence-corrected chi connectivity index (χ4v) is 3.82. The molecule has 24 heavy (non-hydrogen) atoms. The van der Waals surface area contributed by atoms with Gasteiger partial charge in [0.05, 0.1) is 11.9 Å². The molecule has 6 heteroatoms. The highest BCUT2D eigenvalue weighted by molar-refractivity contribution is 5.79. The van der Waals surface area contributed by atoms with Crippen LogP contribution in [-0.4, -0.2) is 48.1 Å². The van der Waals surface area contributed by atoms with Gasteiger partial charge < -0.3 is 15.1 Å². The molecule has 1 aliphatic carbocycles. The van der Waals surface area contributed by atoms with E-state index >= 15 is 0 Å². The van der Waals surface area contributed by atoms with Crippen molar-refractivity contribution in [1.29, 1.82) is 0 Å². The van der Waals surface area contributed by atoms with Crippen molar-refractivity contribution in [3.63, 3.8) is 0 Å². The van der Waals surface area contributed by atoms with Gasteiger partial charge in [0.25, 0.3) is 0 Å². The molecule has 1 aromatic heterocycles. The third kappa shape index (κ3) is 3.47. The number of amides is 1. The number of piperidine rings is 2. The second-order valence-electron chi connectivity index (χ2n) is 7.32. The molecule has 2 aliphatic heterocycles. The van der Waals surface area contributed by atoms with Crippen LogP contribution in [0.3, 0.4) is 0 Å². The van der Waals surface area contributed by atoms with E-state index in [1.807, 2.05) is 6.20 Å². The predicted molar refractivity (Wildman–Crippen MR) is 94.2 cm³/mol. The Morgan fingerprint density at radius 2 is 1.75 bits per heavy atom. The Hall–Kier alpha value is -1.85. The maximum Gasteiger partial charge on any atom is 0.223 e. The summed E-state index contributed by atoms with van der Waals surface area (Å²) in [6.07, 6.45) is 11.6. The molecule has 130 valence electrons. The number of hydrogen-bond donors (Lipinski definition) is 1. The van der Waals surface area contributed by atoms with Crippen molar-refractivity contribution < 1.29 is 4.79 Å². The van der Waals surface area contributed by atoms with E-state index in [2.05, 4.69) is 25.1 Å². The lowest BCUT2D eigenvalue weighted by Gasteiger charge is -2.36. The van der Waals surface area contributed by atoms with E-state index in [0.29, 0.717) is 6.04 Å². The van der Waals surface area contributed by atoms with Crippen LogP contribution in [0, 0.1) is 5.92 Å². The Morgan fingerprint density at radius 3 is 2.46 bits per heavy atom. The number of hydrogen-bond acceptors (Lipinski definition) is 5. The van der Waals surface area contributed by atoms with E-state index < -0.39 is 0 Å². The van der Waals surface area contributed by atoms with Crippen molar-refractivity contribution in [2.24, 2.45) is 5.92 Å². The molecule has 3 heterocycles. The minimum absolute atomic E-state index is 0.171. The first kappa shape index (κ1) is 15.7. The SMILES string of the molecule is O=C(NC1CC1)C1CCN(c2cncnc2N2CCCCC2)CC1. The summed E-state index contributed by atoms with van der Waals surface area (Å²) in [7, 11) is 0. The summed E-state index contributed by atoms with van der Waals surface area (Å²) in [5, 5.41) is 3.15. The van der Waals surface area contributed by atoms with Crippen molar-refractivity contribution in [1.82, 2.24) is 15.3 Å². The Bertz CT molecular complexity index is 575. The second-order valence-corrected chi connectivity index (χ2v) is 7.32. The first-order chi connectivity index (χ1) is 11.8. The summed E-state index contributed by atoms with van der Waals surface area (Å²) >= 11 is 0. The number of anilines is 2. The largest absolute Gasteiger partial charge is 0.367 e. The van der Waals surface area contributed by atoms with Gasteiger partial charge in [0.15, 0.2) is 5.82 Å². The van der Waals surface area contributed by atoms with Crippen LogP contribution in [0.2, 0.25) is 0 Å². The fraction of sp³-hybridized carbons (Fsp3) is 0.722. The summed E-state index contributed by atoms with van der Waals surface area (Å²) in [6.45, 7) is 4.00. The summed E-state index contributed by atoms with van der Waals surface area (Å²) in [5.74, 6) is 1.51. The molecule has 0 aromatic carbocycles. The number of carbonyl (C=O) groups excluding carboxylic acids is 1. The summed E-state index contributed by atoms with van der Waals surface area (Å²) in [6, 6.07) is 0.462. The first-order valence-electron chi connectivity index (χ1n) is 9.41. The van der Waals surface area contributed by atoms with Crippen molar-refractivity contribution >= 4 is 17.4 Å². The van der Waals surface area contributed by atoms with Crippen LogP contribution in [0.25, 0.3) is 0 Å². The van der Waals surface area contributed by atoms with Crippen LogP contribution in [0.4, 0.5) is 11.5 Å². The van der Waals surface area contributed by atoms with E-state index in [1.165, 1.54) is 19.3 Å². The minimum Gasteiger partial charge on any atom is -0.367 e. The smallest absolute Gasteiger partial charge is 0.223 e. The molecule has 0 unspecified atom stereocenters. The highest BCUT2D eigenvalue weighted by Gasteiger charge is 2.31. The number of nitrogens with zero attached hydrogens (tertiary/aromatic N) is 4. The normalized spacial score (nSPS) is 22.5. The molecule has 0 radical (unpaired) electrons. The minimum atomic E-state index is 0.171. The van der Waals surface area contributed by atoms with E-state index in [1.54, 1.807) is 6.33 Å². The molecule has 1 aromatic rings. The lowest BCUT2D eigenvalue weighted by Crippen LogP contribution is -2.42. The van der Waals surface area contributed by atoms with Crippen LogP contribution in [0.15, 0.2) is 12.5 Å². The average molecular weight is 329 g/mol. The van der Waals surface area contributed by atoms with Crippen LogP contribution in [0.1, 0.15) is 44.9 Å². The third-order valence-electron chi connectivity index (χ3n) is 5.46. The van der Waals surface area contributed by atoms with Crippen LogP contribution in [0.5, 0.6) is 0 Å². The number of aromatic nitrogens is 2. The molecule has 1 N–H and O–H groups in total. The van der Waals surface area contributed by atoms with Gasteiger partial charge in [-0.15, -0.1) is 0 Å². The highest BCUT2D eigenvalue weighted by Crippen LogP contribution is 2.31. The van der Waals surface area contributed by atoms with Gasteiger partial charge in [-0.2, -0.15) is 0 Å². The van der Waals surface area contributed by atoms with Gasteiger partial charge in [-0.1, -0.05) is 0 Å². The molecule has 1 amide bonds. The van der Waals surface area contributed by atoms with Gasteiger partial charge in [-0.25, -0.2) is 9.97 Å². The van der Waals surface area contributed by atoms with Crippen LogP contribution < -0.4 is 15.1 Å². The molecule has 3 aliphatic rings. The van der Waals surface area contributed by atoms with Crippen molar-refractivity contribution in [3.05, 3.63) is 12.5 Å². The van der Waals surface area contributed by atoms with Gasteiger partial charge in [-0.05, 0) is 44.9 Å². The lowest BCUT2D eigenvalue weighted by molar-refractivity contribution is -0.125. The van der Waals surface area contributed by atoms with E-state index in [4.69, 9.17) is 0 Å². The summed E-state index contributed by atoms with van der Waals surface area (Å²) in [4.78, 5) is 25.8. The van der Waals surface area contributed by atoms with Crippen LogP contribution >= 0.6 is 0 Å². The highest BCUT2D eigenvalue weighted by atomic mass is 16.2. The van der Waals surface area contributed by atoms with E-state index in [9.17, 15) is 4.79 Å². The summed E-state index contributed by atoms with van der Waals surface area (Å²) < 4.78 is 0. The van der Waals surface area contributed by atoms with Gasteiger partial charge in [0.1, 0.15) is 6.33 Å². The first-order valence-corrected chi connectivity index (χ1v) is 9.41. The molecule has 2 saturated heterocycles. The Morgan fingerprint density at radius 1 is 1.00 bits per heavy atom. The van der Waals surface area contributed by atoms with Gasteiger partial charge in [0.2, 0.25) is 5.91 Å². The Kier molecular flexibility index (Phi) is 4.54.